The van der Waals surface area contributed by atoms with Crippen molar-refractivity contribution < 1.29 is 4.74 Å². The predicted octanol–water partition coefficient (Wildman–Crippen LogP) is 2.43. The molecule has 0 radical (unpaired) electrons. The van der Waals surface area contributed by atoms with Crippen LogP contribution in [-0.4, -0.2) is 49.8 Å². The molecular weight excluding hydrogens is 236 g/mol. The van der Waals surface area contributed by atoms with E-state index in [0.29, 0.717) is 6.10 Å². The molecule has 2 fully saturated rings. The third-order valence-corrected chi connectivity index (χ3v) is 4.55. The van der Waals surface area contributed by atoms with Gasteiger partial charge in [-0.2, -0.15) is 0 Å². The molecule has 0 aromatic heterocycles. The van der Waals surface area contributed by atoms with Gasteiger partial charge in [0, 0.05) is 25.7 Å². The SMILES string of the molecule is CC(C)=CCN1CCC(NCC2CCOC2C)CC1. The summed E-state index contributed by atoms with van der Waals surface area (Å²) in [5.74, 6) is 0.726. The van der Waals surface area contributed by atoms with E-state index in [2.05, 4.69) is 37.1 Å². The van der Waals surface area contributed by atoms with Crippen LogP contribution in [0.25, 0.3) is 0 Å². The van der Waals surface area contributed by atoms with E-state index in [9.17, 15) is 0 Å². The Bertz CT molecular complexity index is 291. The average Bonchev–Trinajstić information content (AvgIpc) is 2.81. The Hall–Kier alpha value is -0.380. The minimum atomic E-state index is 0.449. The molecular formula is C16H30N2O. The summed E-state index contributed by atoms with van der Waals surface area (Å²) in [6, 6.07) is 0.718. The quantitative estimate of drug-likeness (QED) is 0.774. The number of likely N-dealkylation sites (tertiary alicyclic amines) is 1. The summed E-state index contributed by atoms with van der Waals surface area (Å²) in [6.07, 6.45) is 6.60. The first-order valence-corrected chi connectivity index (χ1v) is 7.86. The van der Waals surface area contributed by atoms with E-state index in [1.165, 1.54) is 37.9 Å². The van der Waals surface area contributed by atoms with Crippen LogP contribution in [0, 0.1) is 5.92 Å². The third-order valence-electron chi connectivity index (χ3n) is 4.55. The van der Waals surface area contributed by atoms with Crippen LogP contribution in [0.3, 0.4) is 0 Å². The maximum absolute atomic E-state index is 5.62. The molecule has 2 aliphatic rings. The number of allylic oxidation sites excluding steroid dienone is 1. The van der Waals surface area contributed by atoms with Crippen molar-refractivity contribution in [1.29, 1.82) is 0 Å². The van der Waals surface area contributed by atoms with E-state index in [0.717, 1.165) is 31.7 Å². The second-order valence-electron chi connectivity index (χ2n) is 6.39. The molecule has 0 aromatic carbocycles. The Morgan fingerprint density at radius 1 is 1.26 bits per heavy atom. The fourth-order valence-electron chi connectivity index (χ4n) is 2.99. The number of piperidine rings is 1. The van der Waals surface area contributed by atoms with Crippen molar-refractivity contribution >= 4 is 0 Å². The van der Waals surface area contributed by atoms with Crippen molar-refractivity contribution in [3.63, 3.8) is 0 Å². The van der Waals surface area contributed by atoms with Gasteiger partial charge in [0.1, 0.15) is 0 Å². The first kappa shape index (κ1) is 15.0. The largest absolute Gasteiger partial charge is 0.378 e. The molecule has 2 heterocycles. The van der Waals surface area contributed by atoms with Crippen molar-refractivity contribution in [3.05, 3.63) is 11.6 Å². The van der Waals surface area contributed by atoms with Crippen LogP contribution in [0.2, 0.25) is 0 Å². The maximum Gasteiger partial charge on any atom is 0.0588 e. The van der Waals surface area contributed by atoms with Crippen molar-refractivity contribution in [2.24, 2.45) is 5.92 Å². The van der Waals surface area contributed by atoms with Crippen LogP contribution < -0.4 is 5.32 Å². The average molecular weight is 266 g/mol. The van der Waals surface area contributed by atoms with Gasteiger partial charge in [-0.3, -0.25) is 4.90 Å². The van der Waals surface area contributed by atoms with Crippen molar-refractivity contribution in [1.82, 2.24) is 10.2 Å². The Balaban J connectivity index is 1.62. The van der Waals surface area contributed by atoms with Crippen LogP contribution in [-0.2, 0) is 4.74 Å². The number of ether oxygens (including phenoxy) is 1. The van der Waals surface area contributed by atoms with Gasteiger partial charge in [0.05, 0.1) is 6.10 Å². The first-order valence-electron chi connectivity index (χ1n) is 7.86. The monoisotopic (exact) mass is 266 g/mol. The van der Waals surface area contributed by atoms with Crippen molar-refractivity contribution in [3.8, 4) is 0 Å². The molecule has 0 bridgehead atoms. The third kappa shape index (κ3) is 4.90. The van der Waals surface area contributed by atoms with Crippen LogP contribution in [0.1, 0.15) is 40.0 Å². The molecule has 0 saturated carbocycles. The van der Waals surface area contributed by atoms with Gasteiger partial charge in [-0.25, -0.2) is 0 Å². The molecule has 3 nitrogen and oxygen atoms in total. The van der Waals surface area contributed by atoms with E-state index in [4.69, 9.17) is 4.74 Å². The summed E-state index contributed by atoms with van der Waals surface area (Å²) in [4.78, 5) is 2.56. The summed E-state index contributed by atoms with van der Waals surface area (Å²) < 4.78 is 5.62. The van der Waals surface area contributed by atoms with Gasteiger partial charge in [-0.1, -0.05) is 11.6 Å². The summed E-state index contributed by atoms with van der Waals surface area (Å²) in [5.41, 5.74) is 1.43. The van der Waals surface area contributed by atoms with E-state index in [1.807, 2.05) is 0 Å². The Kier molecular flexibility index (Phi) is 5.86. The van der Waals surface area contributed by atoms with Crippen LogP contribution in [0.4, 0.5) is 0 Å². The second kappa shape index (κ2) is 7.41. The topological polar surface area (TPSA) is 24.5 Å². The lowest BCUT2D eigenvalue weighted by Crippen LogP contribution is -2.44. The lowest BCUT2D eigenvalue weighted by Gasteiger charge is -2.32. The van der Waals surface area contributed by atoms with Crippen LogP contribution in [0.5, 0.6) is 0 Å². The van der Waals surface area contributed by atoms with Gasteiger partial charge in [-0.05, 0) is 59.0 Å². The number of nitrogens with one attached hydrogen (secondary N) is 1. The number of rotatable bonds is 5. The fourth-order valence-corrected chi connectivity index (χ4v) is 2.99. The minimum Gasteiger partial charge on any atom is -0.378 e. The smallest absolute Gasteiger partial charge is 0.0588 e. The minimum absolute atomic E-state index is 0.449. The van der Waals surface area contributed by atoms with Gasteiger partial charge in [-0.15, -0.1) is 0 Å². The molecule has 19 heavy (non-hydrogen) atoms. The summed E-state index contributed by atoms with van der Waals surface area (Å²) in [6.45, 7) is 12.3. The molecule has 110 valence electrons. The highest BCUT2D eigenvalue weighted by atomic mass is 16.5. The molecule has 0 aliphatic carbocycles. The molecule has 2 aliphatic heterocycles. The van der Waals surface area contributed by atoms with Gasteiger partial charge < -0.3 is 10.1 Å². The zero-order chi connectivity index (χ0) is 13.7. The Morgan fingerprint density at radius 2 is 2.00 bits per heavy atom. The molecule has 0 aromatic rings. The number of hydrogen-bond acceptors (Lipinski definition) is 3. The summed E-state index contributed by atoms with van der Waals surface area (Å²) >= 11 is 0. The summed E-state index contributed by atoms with van der Waals surface area (Å²) in [5, 5.41) is 3.76. The molecule has 1 N–H and O–H groups in total. The fraction of sp³-hybridized carbons (Fsp3) is 0.875. The molecule has 0 spiro atoms. The zero-order valence-corrected chi connectivity index (χ0v) is 12.8. The molecule has 2 saturated heterocycles. The molecule has 0 amide bonds. The van der Waals surface area contributed by atoms with E-state index in [-0.39, 0.29) is 0 Å². The second-order valence-corrected chi connectivity index (χ2v) is 6.39. The van der Waals surface area contributed by atoms with Crippen molar-refractivity contribution in [2.45, 2.75) is 52.2 Å². The Morgan fingerprint density at radius 3 is 2.58 bits per heavy atom. The molecule has 2 rings (SSSR count). The number of hydrogen-bond donors (Lipinski definition) is 1. The normalized spacial score (nSPS) is 29.6. The van der Waals surface area contributed by atoms with E-state index < -0.39 is 0 Å². The highest BCUT2D eigenvalue weighted by molar-refractivity contribution is 4.95. The van der Waals surface area contributed by atoms with Gasteiger partial charge >= 0.3 is 0 Å². The van der Waals surface area contributed by atoms with Gasteiger partial charge in [0.25, 0.3) is 0 Å². The molecule has 3 heteroatoms. The van der Waals surface area contributed by atoms with Crippen molar-refractivity contribution in [2.75, 3.05) is 32.8 Å². The first-order chi connectivity index (χ1) is 9.15. The van der Waals surface area contributed by atoms with Crippen LogP contribution >= 0.6 is 0 Å². The van der Waals surface area contributed by atoms with Gasteiger partial charge in [0.2, 0.25) is 0 Å². The van der Waals surface area contributed by atoms with Crippen LogP contribution in [0.15, 0.2) is 11.6 Å². The van der Waals surface area contributed by atoms with Gasteiger partial charge in [0.15, 0.2) is 0 Å². The molecule has 2 atom stereocenters. The standard InChI is InChI=1S/C16H30N2O/c1-13(2)4-8-18-9-5-16(6-10-18)17-12-15-7-11-19-14(15)3/h4,14-17H,5-12H2,1-3H3. The Labute approximate surface area is 118 Å². The highest BCUT2D eigenvalue weighted by Crippen LogP contribution is 2.20. The van der Waals surface area contributed by atoms with E-state index >= 15 is 0 Å². The van der Waals surface area contributed by atoms with E-state index in [1.54, 1.807) is 0 Å². The molecule has 2 unspecified atom stereocenters. The predicted molar refractivity (Wildman–Crippen MR) is 80.4 cm³/mol. The lowest BCUT2D eigenvalue weighted by molar-refractivity contribution is 0.103. The summed E-state index contributed by atoms with van der Waals surface area (Å²) in [7, 11) is 0. The highest BCUT2D eigenvalue weighted by Gasteiger charge is 2.25. The maximum atomic E-state index is 5.62. The number of nitrogens with zero attached hydrogens (tertiary/aromatic N) is 1. The lowest BCUT2D eigenvalue weighted by atomic mass is 10.00. The zero-order valence-electron chi connectivity index (χ0n) is 12.8.